The zero-order chi connectivity index (χ0) is 13.2. The van der Waals surface area contributed by atoms with Gasteiger partial charge < -0.3 is 10.1 Å². The Morgan fingerprint density at radius 2 is 2.11 bits per heavy atom. The molecule has 2 fully saturated rings. The minimum absolute atomic E-state index is 0.0178. The van der Waals surface area contributed by atoms with Gasteiger partial charge in [-0.3, -0.25) is 4.90 Å². The predicted octanol–water partition coefficient (Wildman–Crippen LogP) is 2.26. The SMILES string of the molecule is CCNC1CCCC1CN1CC(C)OC(C)(C)C1. The second kappa shape index (κ2) is 5.89. The Hall–Kier alpha value is -0.120. The second-order valence-corrected chi connectivity index (χ2v) is 6.74. The Labute approximate surface area is 112 Å². The van der Waals surface area contributed by atoms with Crippen LogP contribution in [0.2, 0.25) is 0 Å². The van der Waals surface area contributed by atoms with Gasteiger partial charge >= 0.3 is 0 Å². The lowest BCUT2D eigenvalue weighted by molar-refractivity contribution is -0.131. The summed E-state index contributed by atoms with van der Waals surface area (Å²) < 4.78 is 5.99. The molecule has 3 nitrogen and oxygen atoms in total. The number of hydrogen-bond acceptors (Lipinski definition) is 3. The number of ether oxygens (including phenoxy) is 1. The van der Waals surface area contributed by atoms with Crippen LogP contribution in [0.3, 0.4) is 0 Å². The van der Waals surface area contributed by atoms with E-state index in [1.807, 2.05) is 0 Å². The highest BCUT2D eigenvalue weighted by molar-refractivity contribution is 4.89. The standard InChI is InChI=1S/C15H30N2O/c1-5-16-14-8-6-7-13(14)10-17-9-12(2)18-15(3,4)11-17/h12-14,16H,5-11H2,1-4H3. The van der Waals surface area contributed by atoms with Gasteiger partial charge in [0.2, 0.25) is 0 Å². The average Bonchev–Trinajstić information content (AvgIpc) is 2.63. The van der Waals surface area contributed by atoms with Gasteiger partial charge in [-0.2, -0.15) is 0 Å². The van der Waals surface area contributed by atoms with Crippen LogP contribution in [0.5, 0.6) is 0 Å². The Bertz CT molecular complexity index is 267. The minimum atomic E-state index is 0.0178. The highest BCUT2D eigenvalue weighted by Crippen LogP contribution is 2.29. The van der Waals surface area contributed by atoms with Crippen molar-refractivity contribution in [3.05, 3.63) is 0 Å². The average molecular weight is 254 g/mol. The van der Waals surface area contributed by atoms with Crippen LogP contribution in [-0.2, 0) is 4.74 Å². The van der Waals surface area contributed by atoms with Gasteiger partial charge in [0.25, 0.3) is 0 Å². The maximum absolute atomic E-state index is 5.99. The molecule has 106 valence electrons. The number of nitrogens with zero attached hydrogens (tertiary/aromatic N) is 1. The summed E-state index contributed by atoms with van der Waals surface area (Å²) in [5, 5.41) is 3.66. The predicted molar refractivity (Wildman–Crippen MR) is 75.9 cm³/mol. The molecule has 0 aromatic rings. The van der Waals surface area contributed by atoms with E-state index in [2.05, 4.69) is 37.9 Å². The molecule has 0 aromatic carbocycles. The smallest absolute Gasteiger partial charge is 0.0757 e. The number of nitrogens with one attached hydrogen (secondary N) is 1. The molecule has 1 heterocycles. The highest BCUT2D eigenvalue weighted by Gasteiger charge is 2.34. The summed E-state index contributed by atoms with van der Waals surface area (Å²) in [6.45, 7) is 13.4. The van der Waals surface area contributed by atoms with Crippen molar-refractivity contribution in [3.8, 4) is 0 Å². The van der Waals surface area contributed by atoms with Crippen molar-refractivity contribution in [3.63, 3.8) is 0 Å². The molecule has 2 rings (SSSR count). The number of hydrogen-bond donors (Lipinski definition) is 1. The van der Waals surface area contributed by atoms with Crippen LogP contribution in [0, 0.1) is 5.92 Å². The molecule has 1 saturated carbocycles. The molecule has 1 N–H and O–H groups in total. The van der Waals surface area contributed by atoms with Crippen molar-refractivity contribution >= 4 is 0 Å². The van der Waals surface area contributed by atoms with Crippen molar-refractivity contribution in [1.82, 2.24) is 10.2 Å². The Balaban J connectivity index is 1.88. The largest absolute Gasteiger partial charge is 0.370 e. The molecule has 3 atom stereocenters. The Morgan fingerprint density at radius 1 is 1.33 bits per heavy atom. The molecule has 3 unspecified atom stereocenters. The fourth-order valence-corrected chi connectivity index (χ4v) is 3.84. The lowest BCUT2D eigenvalue weighted by atomic mass is 9.99. The van der Waals surface area contributed by atoms with Gasteiger partial charge in [0.15, 0.2) is 0 Å². The van der Waals surface area contributed by atoms with E-state index in [0.717, 1.165) is 31.6 Å². The lowest BCUT2D eigenvalue weighted by Crippen LogP contribution is -2.53. The molecule has 0 radical (unpaired) electrons. The summed E-state index contributed by atoms with van der Waals surface area (Å²) in [5.41, 5.74) is 0.0178. The first-order valence-electron chi connectivity index (χ1n) is 7.64. The monoisotopic (exact) mass is 254 g/mol. The van der Waals surface area contributed by atoms with Gasteiger partial charge in [-0.15, -0.1) is 0 Å². The molecular formula is C15H30N2O. The maximum atomic E-state index is 5.99. The topological polar surface area (TPSA) is 24.5 Å². The summed E-state index contributed by atoms with van der Waals surface area (Å²) in [5.74, 6) is 0.839. The van der Waals surface area contributed by atoms with Crippen LogP contribution >= 0.6 is 0 Å². The highest BCUT2D eigenvalue weighted by atomic mass is 16.5. The summed E-state index contributed by atoms with van der Waals surface area (Å²) in [6, 6.07) is 0.747. The summed E-state index contributed by atoms with van der Waals surface area (Å²) >= 11 is 0. The molecule has 0 bridgehead atoms. The third-order valence-electron chi connectivity index (χ3n) is 4.26. The Kier molecular flexibility index (Phi) is 4.68. The first-order chi connectivity index (χ1) is 8.50. The first-order valence-corrected chi connectivity index (χ1v) is 7.64. The molecule has 1 aliphatic heterocycles. The third-order valence-corrected chi connectivity index (χ3v) is 4.26. The minimum Gasteiger partial charge on any atom is -0.370 e. The van der Waals surface area contributed by atoms with Gasteiger partial charge in [-0.1, -0.05) is 13.3 Å². The maximum Gasteiger partial charge on any atom is 0.0757 e. The molecule has 0 aromatic heterocycles. The van der Waals surface area contributed by atoms with Gasteiger partial charge in [0, 0.05) is 25.7 Å². The molecule has 1 saturated heterocycles. The molecule has 18 heavy (non-hydrogen) atoms. The van der Waals surface area contributed by atoms with E-state index in [-0.39, 0.29) is 5.60 Å². The molecular weight excluding hydrogens is 224 g/mol. The zero-order valence-electron chi connectivity index (χ0n) is 12.5. The van der Waals surface area contributed by atoms with E-state index < -0.39 is 0 Å². The van der Waals surface area contributed by atoms with E-state index in [4.69, 9.17) is 4.74 Å². The van der Waals surface area contributed by atoms with Crippen molar-refractivity contribution in [1.29, 1.82) is 0 Å². The van der Waals surface area contributed by atoms with Gasteiger partial charge in [-0.25, -0.2) is 0 Å². The number of rotatable bonds is 4. The van der Waals surface area contributed by atoms with E-state index in [9.17, 15) is 0 Å². The van der Waals surface area contributed by atoms with Crippen LogP contribution in [0.15, 0.2) is 0 Å². The lowest BCUT2D eigenvalue weighted by Gasteiger charge is -2.43. The third kappa shape index (κ3) is 3.69. The van der Waals surface area contributed by atoms with E-state index >= 15 is 0 Å². The normalized spacial score (nSPS) is 37.0. The quantitative estimate of drug-likeness (QED) is 0.833. The fourth-order valence-electron chi connectivity index (χ4n) is 3.84. The Morgan fingerprint density at radius 3 is 2.78 bits per heavy atom. The summed E-state index contributed by atoms with van der Waals surface area (Å²) in [4.78, 5) is 2.62. The van der Waals surface area contributed by atoms with Gasteiger partial charge in [0.05, 0.1) is 11.7 Å². The van der Waals surface area contributed by atoms with E-state index in [1.165, 1.54) is 25.8 Å². The van der Waals surface area contributed by atoms with Gasteiger partial charge in [0.1, 0.15) is 0 Å². The molecule has 0 spiro atoms. The summed E-state index contributed by atoms with van der Waals surface area (Å²) in [6.07, 6.45) is 4.52. The first kappa shape index (κ1) is 14.3. The molecule has 2 aliphatic rings. The molecule has 3 heteroatoms. The molecule has 0 amide bonds. The van der Waals surface area contributed by atoms with Crippen LogP contribution in [0.4, 0.5) is 0 Å². The van der Waals surface area contributed by atoms with Crippen molar-refractivity contribution in [2.75, 3.05) is 26.2 Å². The van der Waals surface area contributed by atoms with Crippen molar-refractivity contribution in [2.45, 2.75) is 64.7 Å². The van der Waals surface area contributed by atoms with Gasteiger partial charge in [-0.05, 0) is 46.1 Å². The van der Waals surface area contributed by atoms with Crippen LogP contribution in [0.25, 0.3) is 0 Å². The number of morpholine rings is 1. The van der Waals surface area contributed by atoms with Crippen LogP contribution in [-0.4, -0.2) is 48.8 Å². The summed E-state index contributed by atoms with van der Waals surface area (Å²) in [7, 11) is 0. The van der Waals surface area contributed by atoms with E-state index in [1.54, 1.807) is 0 Å². The zero-order valence-corrected chi connectivity index (χ0v) is 12.5. The van der Waals surface area contributed by atoms with Crippen molar-refractivity contribution in [2.24, 2.45) is 5.92 Å². The fraction of sp³-hybridized carbons (Fsp3) is 1.00. The second-order valence-electron chi connectivity index (χ2n) is 6.74. The molecule has 1 aliphatic carbocycles. The van der Waals surface area contributed by atoms with Crippen molar-refractivity contribution < 1.29 is 4.74 Å². The van der Waals surface area contributed by atoms with Crippen LogP contribution < -0.4 is 5.32 Å². The van der Waals surface area contributed by atoms with Crippen LogP contribution in [0.1, 0.15) is 47.0 Å². The van der Waals surface area contributed by atoms with E-state index in [0.29, 0.717) is 6.10 Å².